The first-order chi connectivity index (χ1) is 11.8. The summed E-state index contributed by atoms with van der Waals surface area (Å²) in [6, 6.07) is 9.14. The minimum absolute atomic E-state index is 0.0534. The van der Waals surface area contributed by atoms with Crippen molar-refractivity contribution >= 4 is 27.4 Å². The van der Waals surface area contributed by atoms with Crippen molar-refractivity contribution in [2.75, 3.05) is 25.3 Å². The van der Waals surface area contributed by atoms with Gasteiger partial charge in [-0.05, 0) is 36.4 Å². The average molecular weight is 367 g/mol. The Morgan fingerprint density at radius 1 is 1.08 bits per heavy atom. The Morgan fingerprint density at radius 3 is 2.36 bits per heavy atom. The molecule has 0 saturated heterocycles. The lowest BCUT2D eigenvalue weighted by molar-refractivity contribution is -0.113. The molecule has 25 heavy (non-hydrogen) atoms. The third kappa shape index (κ3) is 5.35. The van der Waals surface area contributed by atoms with Crippen LogP contribution in [0.5, 0.6) is 5.75 Å². The van der Waals surface area contributed by atoms with Crippen LogP contribution >= 0.6 is 0 Å². The van der Waals surface area contributed by atoms with Crippen molar-refractivity contribution in [3.8, 4) is 5.75 Å². The molecule has 1 aromatic heterocycles. The number of benzene rings is 1. The highest BCUT2D eigenvalue weighted by molar-refractivity contribution is 7.91. The second-order valence-electron chi connectivity index (χ2n) is 5.07. The molecule has 2 aromatic rings. The zero-order chi connectivity index (χ0) is 18.4. The molecular formula is C16H17NO7S. The van der Waals surface area contributed by atoms with E-state index in [1.807, 2.05) is 0 Å². The third-order valence-electron chi connectivity index (χ3n) is 3.14. The molecule has 1 N–H and O–H groups in total. The van der Waals surface area contributed by atoms with E-state index in [0.29, 0.717) is 11.4 Å². The molecule has 0 saturated carbocycles. The maximum atomic E-state index is 12.1. The number of amides is 1. The van der Waals surface area contributed by atoms with Gasteiger partial charge in [0.1, 0.15) is 23.0 Å². The van der Waals surface area contributed by atoms with Crippen LogP contribution in [0.15, 0.2) is 40.8 Å². The van der Waals surface area contributed by atoms with Gasteiger partial charge in [-0.3, -0.25) is 4.79 Å². The van der Waals surface area contributed by atoms with Gasteiger partial charge in [-0.25, -0.2) is 13.2 Å². The van der Waals surface area contributed by atoms with E-state index >= 15 is 0 Å². The van der Waals surface area contributed by atoms with Crippen LogP contribution in [0.2, 0.25) is 0 Å². The lowest BCUT2D eigenvalue weighted by Gasteiger charge is -2.06. The van der Waals surface area contributed by atoms with E-state index in [1.54, 1.807) is 24.3 Å². The van der Waals surface area contributed by atoms with E-state index in [9.17, 15) is 18.0 Å². The Hall–Kier alpha value is -2.81. The molecule has 1 aromatic carbocycles. The van der Waals surface area contributed by atoms with Crippen LogP contribution in [0.3, 0.4) is 0 Å². The highest BCUT2D eigenvalue weighted by Gasteiger charge is 2.21. The van der Waals surface area contributed by atoms with E-state index in [2.05, 4.69) is 10.1 Å². The van der Waals surface area contributed by atoms with Gasteiger partial charge in [-0.15, -0.1) is 0 Å². The van der Waals surface area contributed by atoms with Gasteiger partial charge in [0.05, 0.1) is 14.2 Å². The molecule has 9 heteroatoms. The van der Waals surface area contributed by atoms with Crippen LogP contribution in [-0.2, 0) is 25.1 Å². The number of nitrogens with one attached hydrogen (secondary N) is 1. The third-order valence-corrected chi connectivity index (χ3v) is 4.56. The van der Waals surface area contributed by atoms with E-state index in [1.165, 1.54) is 26.4 Å². The normalized spacial score (nSPS) is 11.0. The van der Waals surface area contributed by atoms with E-state index in [-0.39, 0.29) is 11.5 Å². The summed E-state index contributed by atoms with van der Waals surface area (Å²) >= 11 is 0. The number of carbonyl (C=O) groups is 2. The number of rotatable bonds is 7. The summed E-state index contributed by atoms with van der Waals surface area (Å²) in [5.41, 5.74) is 0.451. The minimum Gasteiger partial charge on any atom is -0.497 e. The van der Waals surface area contributed by atoms with Gasteiger partial charge < -0.3 is 19.2 Å². The quantitative estimate of drug-likeness (QED) is 0.740. The van der Waals surface area contributed by atoms with Gasteiger partial charge in [0, 0.05) is 5.69 Å². The van der Waals surface area contributed by atoms with Gasteiger partial charge >= 0.3 is 5.97 Å². The van der Waals surface area contributed by atoms with Gasteiger partial charge in [-0.1, -0.05) is 0 Å². The van der Waals surface area contributed by atoms with E-state index in [4.69, 9.17) is 9.15 Å². The van der Waals surface area contributed by atoms with Crippen molar-refractivity contribution in [1.82, 2.24) is 0 Å². The molecule has 0 radical (unpaired) electrons. The minimum atomic E-state index is -3.77. The number of methoxy groups -OCH3 is 2. The predicted molar refractivity (Wildman–Crippen MR) is 89.2 cm³/mol. The van der Waals surface area contributed by atoms with Crippen molar-refractivity contribution in [2.24, 2.45) is 0 Å². The van der Waals surface area contributed by atoms with Crippen LogP contribution in [0.4, 0.5) is 5.69 Å². The lowest BCUT2D eigenvalue weighted by atomic mass is 10.3. The fourth-order valence-corrected chi connectivity index (χ4v) is 3.17. The number of ether oxygens (including phenoxy) is 2. The Bertz CT molecular complexity index is 853. The van der Waals surface area contributed by atoms with Crippen molar-refractivity contribution < 1.29 is 31.9 Å². The number of sulfone groups is 1. The predicted octanol–water partition coefficient (Wildman–Crippen LogP) is 1.63. The Balaban J connectivity index is 1.96. The topological polar surface area (TPSA) is 112 Å². The summed E-state index contributed by atoms with van der Waals surface area (Å²) < 4.78 is 38.8. The fraction of sp³-hybridized carbons (Fsp3) is 0.250. The molecule has 0 atom stereocenters. The molecule has 0 fully saturated rings. The van der Waals surface area contributed by atoms with Crippen LogP contribution in [-0.4, -0.2) is 40.3 Å². The summed E-state index contributed by atoms with van der Waals surface area (Å²) in [6.07, 6.45) is 0. The first kappa shape index (κ1) is 18.5. The fourth-order valence-electron chi connectivity index (χ4n) is 2.00. The lowest BCUT2D eigenvalue weighted by Crippen LogP contribution is -2.23. The molecule has 1 heterocycles. The molecule has 0 aliphatic carbocycles. The van der Waals surface area contributed by atoms with Gasteiger partial charge in [-0.2, -0.15) is 0 Å². The molecule has 8 nitrogen and oxygen atoms in total. The number of esters is 1. The first-order valence-electron chi connectivity index (χ1n) is 7.14. The molecule has 0 aliphatic heterocycles. The molecule has 0 unspecified atom stereocenters. The zero-order valence-corrected chi connectivity index (χ0v) is 14.5. The van der Waals surface area contributed by atoms with Crippen molar-refractivity contribution in [2.45, 2.75) is 5.75 Å². The summed E-state index contributed by atoms with van der Waals surface area (Å²) in [7, 11) is -1.07. The Morgan fingerprint density at radius 2 is 1.76 bits per heavy atom. The van der Waals surface area contributed by atoms with Gasteiger partial charge in [0.25, 0.3) is 0 Å². The number of carbonyl (C=O) groups excluding carboxylic acids is 2. The molecule has 0 spiro atoms. The average Bonchev–Trinajstić information content (AvgIpc) is 3.01. The Kier molecular flexibility index (Phi) is 5.81. The number of anilines is 1. The van der Waals surface area contributed by atoms with Crippen LogP contribution < -0.4 is 10.1 Å². The monoisotopic (exact) mass is 367 g/mol. The molecule has 0 aliphatic rings. The van der Waals surface area contributed by atoms with E-state index in [0.717, 1.165) is 0 Å². The number of hydrogen-bond donors (Lipinski definition) is 1. The highest BCUT2D eigenvalue weighted by Crippen LogP contribution is 2.16. The standard InChI is InChI=1S/C16H17NO7S/c1-22-12-5-3-11(4-6-12)17-15(18)10-25(20,21)9-13-7-8-14(24-13)16(19)23-2/h3-8H,9-10H2,1-2H3,(H,17,18). The zero-order valence-electron chi connectivity index (χ0n) is 13.6. The number of hydrogen-bond acceptors (Lipinski definition) is 7. The molecule has 0 bridgehead atoms. The maximum absolute atomic E-state index is 12.1. The number of furan rings is 1. The van der Waals surface area contributed by atoms with E-state index < -0.39 is 33.2 Å². The molecular weight excluding hydrogens is 350 g/mol. The first-order valence-corrected chi connectivity index (χ1v) is 8.96. The van der Waals surface area contributed by atoms with Crippen LogP contribution in [0.25, 0.3) is 0 Å². The van der Waals surface area contributed by atoms with Crippen LogP contribution in [0.1, 0.15) is 16.3 Å². The van der Waals surface area contributed by atoms with Gasteiger partial charge in [0.15, 0.2) is 9.84 Å². The van der Waals surface area contributed by atoms with Crippen molar-refractivity contribution in [3.63, 3.8) is 0 Å². The van der Waals surface area contributed by atoms with Crippen LogP contribution in [0, 0.1) is 0 Å². The molecule has 2 rings (SSSR count). The SMILES string of the molecule is COC(=O)c1ccc(CS(=O)(=O)CC(=O)Nc2ccc(OC)cc2)o1. The summed E-state index contributed by atoms with van der Waals surface area (Å²) in [5, 5.41) is 2.49. The Labute approximate surface area is 144 Å². The largest absolute Gasteiger partial charge is 0.497 e. The second-order valence-corrected chi connectivity index (χ2v) is 7.13. The van der Waals surface area contributed by atoms with Crippen molar-refractivity contribution in [3.05, 3.63) is 47.9 Å². The summed E-state index contributed by atoms with van der Waals surface area (Å²) in [6.45, 7) is 0. The summed E-state index contributed by atoms with van der Waals surface area (Å²) in [4.78, 5) is 23.2. The van der Waals surface area contributed by atoms with Gasteiger partial charge in [0.2, 0.25) is 11.7 Å². The smallest absolute Gasteiger partial charge is 0.373 e. The molecule has 134 valence electrons. The second kappa shape index (κ2) is 7.84. The maximum Gasteiger partial charge on any atom is 0.373 e. The van der Waals surface area contributed by atoms with Crippen molar-refractivity contribution in [1.29, 1.82) is 0 Å². The highest BCUT2D eigenvalue weighted by atomic mass is 32.2. The summed E-state index contributed by atoms with van der Waals surface area (Å²) in [5.74, 6) is -2.03. The molecule has 1 amide bonds.